The van der Waals surface area contributed by atoms with Crippen molar-refractivity contribution in [3.05, 3.63) is 48.0 Å². The minimum Gasteiger partial charge on any atom is -0.323 e. The molecule has 0 bridgehead atoms. The van der Waals surface area contributed by atoms with Crippen molar-refractivity contribution in [1.29, 1.82) is 0 Å². The van der Waals surface area contributed by atoms with E-state index in [2.05, 4.69) is 24.4 Å². The van der Waals surface area contributed by atoms with Gasteiger partial charge in [-0.15, -0.1) is 0 Å². The molecule has 4 nitrogen and oxygen atoms in total. The fraction of sp³-hybridized carbons (Fsp3) is 0.680. The smallest absolute Gasteiger partial charge is 0.323 e. The van der Waals surface area contributed by atoms with Crippen LogP contribution in [-0.4, -0.2) is 16.3 Å². The SMILES string of the molecule is CCCCCCCC/C=C/CCCCCCCCNC(c1ccccc1)P(=O)(O)O. The van der Waals surface area contributed by atoms with E-state index in [4.69, 9.17) is 0 Å². The first-order valence-electron chi connectivity index (χ1n) is 12.0. The van der Waals surface area contributed by atoms with Crippen LogP contribution in [0.4, 0.5) is 0 Å². The lowest BCUT2D eigenvalue weighted by Crippen LogP contribution is -2.22. The van der Waals surface area contributed by atoms with Crippen molar-refractivity contribution in [3.63, 3.8) is 0 Å². The normalized spacial score (nSPS) is 13.2. The zero-order chi connectivity index (χ0) is 21.9. The van der Waals surface area contributed by atoms with Gasteiger partial charge in [0.05, 0.1) is 0 Å². The van der Waals surface area contributed by atoms with Crippen molar-refractivity contribution in [3.8, 4) is 0 Å². The van der Waals surface area contributed by atoms with Crippen molar-refractivity contribution >= 4 is 7.60 Å². The summed E-state index contributed by atoms with van der Waals surface area (Å²) in [6, 6.07) is 9.00. The second-order valence-corrected chi connectivity index (χ2v) is 9.99. The highest BCUT2D eigenvalue weighted by molar-refractivity contribution is 7.52. The molecule has 0 aromatic heterocycles. The first kappa shape index (κ1) is 27.1. The Morgan fingerprint density at radius 2 is 1.30 bits per heavy atom. The number of benzene rings is 1. The van der Waals surface area contributed by atoms with Crippen molar-refractivity contribution in [1.82, 2.24) is 5.32 Å². The van der Waals surface area contributed by atoms with Crippen LogP contribution in [0.15, 0.2) is 42.5 Å². The Bertz CT molecular complexity index is 585. The molecule has 172 valence electrons. The van der Waals surface area contributed by atoms with Crippen LogP contribution in [0, 0.1) is 0 Å². The first-order chi connectivity index (χ1) is 14.6. The quantitative estimate of drug-likeness (QED) is 0.119. The third-order valence-electron chi connectivity index (χ3n) is 5.48. The summed E-state index contributed by atoms with van der Waals surface area (Å²) in [5, 5.41) is 3.05. The number of hydrogen-bond donors (Lipinski definition) is 3. The van der Waals surface area contributed by atoms with Crippen molar-refractivity contribution in [2.24, 2.45) is 0 Å². The van der Waals surface area contributed by atoms with Crippen LogP contribution in [0.5, 0.6) is 0 Å². The highest BCUT2D eigenvalue weighted by atomic mass is 31.2. The summed E-state index contributed by atoms with van der Waals surface area (Å²) in [7, 11) is -4.21. The van der Waals surface area contributed by atoms with E-state index in [0.29, 0.717) is 12.1 Å². The largest absolute Gasteiger partial charge is 0.346 e. The van der Waals surface area contributed by atoms with Crippen molar-refractivity contribution < 1.29 is 14.4 Å². The van der Waals surface area contributed by atoms with E-state index in [-0.39, 0.29) is 0 Å². The Kier molecular flexibility index (Phi) is 16.0. The molecule has 1 aromatic rings. The lowest BCUT2D eigenvalue weighted by molar-refractivity contribution is 0.347. The Morgan fingerprint density at radius 1 is 0.800 bits per heavy atom. The summed E-state index contributed by atoms with van der Waals surface area (Å²) in [6.07, 6.45) is 22.3. The van der Waals surface area contributed by atoms with Gasteiger partial charge in [-0.25, -0.2) is 0 Å². The van der Waals surface area contributed by atoms with E-state index in [0.717, 1.165) is 12.8 Å². The average molecular weight is 438 g/mol. The monoisotopic (exact) mass is 437 g/mol. The molecule has 1 rings (SSSR count). The fourth-order valence-corrected chi connectivity index (χ4v) is 4.61. The summed E-state index contributed by atoms with van der Waals surface area (Å²) in [5.74, 6) is -0.901. The van der Waals surface area contributed by atoms with E-state index < -0.39 is 13.4 Å². The maximum atomic E-state index is 11.8. The minimum atomic E-state index is -4.21. The van der Waals surface area contributed by atoms with Gasteiger partial charge in [-0.3, -0.25) is 9.88 Å². The number of rotatable bonds is 19. The van der Waals surface area contributed by atoms with E-state index in [1.54, 1.807) is 12.1 Å². The van der Waals surface area contributed by atoms with Crippen LogP contribution in [0.1, 0.15) is 108 Å². The molecular weight excluding hydrogens is 393 g/mol. The molecule has 0 fully saturated rings. The van der Waals surface area contributed by atoms with Crippen LogP contribution in [0.2, 0.25) is 0 Å². The summed E-state index contributed by atoms with van der Waals surface area (Å²) >= 11 is 0. The maximum absolute atomic E-state index is 11.8. The molecule has 0 saturated heterocycles. The number of unbranched alkanes of at least 4 members (excludes halogenated alkanes) is 12. The van der Waals surface area contributed by atoms with Gasteiger partial charge >= 0.3 is 7.60 Å². The molecule has 0 spiro atoms. The van der Waals surface area contributed by atoms with Crippen molar-refractivity contribution in [2.75, 3.05) is 6.54 Å². The molecule has 0 heterocycles. The zero-order valence-corrected chi connectivity index (χ0v) is 19.9. The standard InChI is InChI=1S/C25H44NO3P/c1-2-3-4-5-6-7-8-9-10-11-12-13-14-15-16-20-23-26-25(30(27,28)29)24-21-18-17-19-22-24/h9-10,17-19,21-22,25-26H,2-8,11-16,20,23H2,1H3,(H2,27,28,29)/b10-9+. The molecule has 0 aliphatic rings. The molecule has 0 amide bonds. The molecule has 5 heteroatoms. The third-order valence-corrected chi connectivity index (χ3v) is 6.63. The van der Waals surface area contributed by atoms with Crippen LogP contribution < -0.4 is 5.32 Å². The van der Waals surface area contributed by atoms with E-state index in [1.807, 2.05) is 18.2 Å². The predicted octanol–water partition coefficient (Wildman–Crippen LogP) is 7.49. The zero-order valence-electron chi connectivity index (χ0n) is 19.0. The van der Waals surface area contributed by atoms with Gasteiger partial charge < -0.3 is 9.79 Å². The summed E-state index contributed by atoms with van der Waals surface area (Å²) < 4.78 is 11.8. The molecule has 1 unspecified atom stereocenters. The minimum absolute atomic E-state index is 0.631. The van der Waals surface area contributed by atoms with Crippen LogP contribution in [0.3, 0.4) is 0 Å². The van der Waals surface area contributed by atoms with Crippen molar-refractivity contribution in [2.45, 2.75) is 103 Å². The number of allylic oxidation sites excluding steroid dienone is 2. The summed E-state index contributed by atoms with van der Waals surface area (Å²) in [5.41, 5.74) is 0.649. The molecular formula is C25H44NO3P. The molecule has 1 atom stereocenters. The second kappa shape index (κ2) is 17.7. The van der Waals surface area contributed by atoms with Crippen LogP contribution in [0.25, 0.3) is 0 Å². The fourth-order valence-electron chi connectivity index (χ4n) is 3.68. The topological polar surface area (TPSA) is 69.6 Å². The van der Waals surface area contributed by atoms with Gasteiger partial charge in [-0.2, -0.15) is 0 Å². The summed E-state index contributed by atoms with van der Waals surface area (Å²) in [6.45, 7) is 2.89. The molecule has 0 aliphatic heterocycles. The van der Waals surface area contributed by atoms with Gasteiger partial charge in [0.15, 0.2) is 0 Å². The van der Waals surface area contributed by atoms with Gasteiger partial charge in [0, 0.05) is 0 Å². The highest BCUT2D eigenvalue weighted by Crippen LogP contribution is 2.49. The first-order valence-corrected chi connectivity index (χ1v) is 13.7. The van der Waals surface area contributed by atoms with Gasteiger partial charge in [-0.1, -0.05) is 107 Å². The van der Waals surface area contributed by atoms with Gasteiger partial charge in [0.25, 0.3) is 0 Å². The average Bonchev–Trinajstić information content (AvgIpc) is 2.72. The van der Waals surface area contributed by atoms with Gasteiger partial charge in [0.1, 0.15) is 5.78 Å². The van der Waals surface area contributed by atoms with Gasteiger partial charge in [-0.05, 0) is 44.2 Å². The predicted molar refractivity (Wildman–Crippen MR) is 129 cm³/mol. The molecule has 30 heavy (non-hydrogen) atoms. The highest BCUT2D eigenvalue weighted by Gasteiger charge is 2.29. The third kappa shape index (κ3) is 14.1. The Hall–Kier alpha value is -0.930. The van der Waals surface area contributed by atoms with E-state index >= 15 is 0 Å². The van der Waals surface area contributed by atoms with Gasteiger partial charge in [0.2, 0.25) is 0 Å². The molecule has 0 aliphatic carbocycles. The molecule has 0 radical (unpaired) electrons. The van der Waals surface area contributed by atoms with E-state index in [1.165, 1.54) is 77.0 Å². The number of hydrogen-bond acceptors (Lipinski definition) is 2. The second-order valence-electron chi connectivity index (χ2n) is 8.29. The lowest BCUT2D eigenvalue weighted by Gasteiger charge is -2.20. The van der Waals surface area contributed by atoms with Crippen LogP contribution >= 0.6 is 7.60 Å². The number of nitrogens with one attached hydrogen (secondary N) is 1. The van der Waals surface area contributed by atoms with E-state index in [9.17, 15) is 14.4 Å². The maximum Gasteiger partial charge on any atom is 0.346 e. The Balaban J connectivity index is 1.97. The Morgan fingerprint density at radius 3 is 1.83 bits per heavy atom. The van der Waals surface area contributed by atoms with Crippen LogP contribution in [-0.2, 0) is 4.57 Å². The molecule has 3 N–H and O–H groups in total. The summed E-state index contributed by atoms with van der Waals surface area (Å²) in [4.78, 5) is 19.2. The Labute approximate surface area is 184 Å². The lowest BCUT2D eigenvalue weighted by atomic mass is 10.1. The molecule has 0 saturated carbocycles. The molecule has 1 aromatic carbocycles.